The summed E-state index contributed by atoms with van der Waals surface area (Å²) in [6, 6.07) is 4.02. The van der Waals surface area contributed by atoms with E-state index in [0.29, 0.717) is 18.9 Å². The molecule has 1 aliphatic heterocycles. The zero-order valence-corrected chi connectivity index (χ0v) is 11.9. The van der Waals surface area contributed by atoms with Gasteiger partial charge in [0.2, 0.25) is 0 Å². The van der Waals surface area contributed by atoms with Crippen LogP contribution in [0.2, 0.25) is 0 Å². The zero-order chi connectivity index (χ0) is 14.9. The Hall–Kier alpha value is -1.83. The van der Waals surface area contributed by atoms with Gasteiger partial charge in [-0.3, -0.25) is 0 Å². The molecule has 0 spiro atoms. The Morgan fingerprint density at radius 1 is 1.05 bits per heavy atom. The molecule has 4 nitrogen and oxygen atoms in total. The van der Waals surface area contributed by atoms with E-state index in [1.165, 1.54) is 6.07 Å². The van der Waals surface area contributed by atoms with Crippen LogP contribution in [-0.4, -0.2) is 36.1 Å². The first-order chi connectivity index (χ1) is 10.0. The third-order valence-electron chi connectivity index (χ3n) is 3.32. The lowest BCUT2D eigenvalue weighted by Crippen LogP contribution is -2.46. The highest BCUT2D eigenvalue weighted by Crippen LogP contribution is 2.29. The summed E-state index contributed by atoms with van der Waals surface area (Å²) < 4.78 is 38.1. The Kier molecular flexibility index (Phi) is 3.71. The van der Waals surface area contributed by atoms with Gasteiger partial charge in [-0.25, -0.2) is 9.97 Å². The topological polar surface area (TPSA) is 32.3 Å². The molecule has 1 saturated heterocycles. The Morgan fingerprint density at radius 2 is 1.76 bits per heavy atom. The van der Waals surface area contributed by atoms with Gasteiger partial charge in [0.1, 0.15) is 11.5 Å². The van der Waals surface area contributed by atoms with E-state index in [9.17, 15) is 13.2 Å². The van der Waals surface area contributed by atoms with Crippen LogP contribution in [0.1, 0.15) is 5.69 Å². The highest BCUT2D eigenvalue weighted by molar-refractivity contribution is 7.13. The van der Waals surface area contributed by atoms with Gasteiger partial charge in [-0.15, -0.1) is 11.3 Å². The molecule has 0 aliphatic carbocycles. The minimum absolute atomic E-state index is 0.378. The minimum Gasteiger partial charge on any atom is -0.353 e. The monoisotopic (exact) mass is 314 g/mol. The first-order valence-corrected chi connectivity index (χ1v) is 7.35. The molecular weight excluding hydrogens is 301 g/mol. The van der Waals surface area contributed by atoms with E-state index in [0.717, 1.165) is 24.3 Å². The first kappa shape index (κ1) is 14.1. The van der Waals surface area contributed by atoms with Gasteiger partial charge in [0.05, 0.1) is 0 Å². The number of thiazole rings is 1. The van der Waals surface area contributed by atoms with Crippen molar-refractivity contribution in [2.24, 2.45) is 0 Å². The molecule has 2 aromatic heterocycles. The Bertz CT molecular complexity index is 592. The number of hydrogen-bond donors (Lipinski definition) is 0. The molecule has 3 rings (SSSR count). The van der Waals surface area contributed by atoms with E-state index in [1.807, 2.05) is 10.3 Å². The van der Waals surface area contributed by atoms with Crippen LogP contribution in [0, 0.1) is 0 Å². The van der Waals surface area contributed by atoms with Crippen molar-refractivity contribution in [3.8, 4) is 0 Å². The van der Waals surface area contributed by atoms with Gasteiger partial charge in [-0.2, -0.15) is 13.2 Å². The van der Waals surface area contributed by atoms with E-state index in [1.54, 1.807) is 23.6 Å². The lowest BCUT2D eigenvalue weighted by Gasteiger charge is -2.35. The largest absolute Gasteiger partial charge is 0.433 e. The van der Waals surface area contributed by atoms with Gasteiger partial charge in [0, 0.05) is 37.8 Å². The predicted octanol–water partition coefficient (Wildman–Crippen LogP) is 2.88. The van der Waals surface area contributed by atoms with Gasteiger partial charge in [-0.1, -0.05) is 6.07 Å². The fraction of sp³-hybridized carbons (Fsp3) is 0.385. The number of nitrogens with zero attached hydrogens (tertiary/aromatic N) is 4. The number of halogens is 3. The second kappa shape index (κ2) is 5.51. The van der Waals surface area contributed by atoms with E-state index >= 15 is 0 Å². The summed E-state index contributed by atoms with van der Waals surface area (Å²) in [5.74, 6) is 0.378. The molecule has 1 fully saturated rings. The summed E-state index contributed by atoms with van der Waals surface area (Å²) in [5.41, 5.74) is -0.845. The SMILES string of the molecule is FC(F)(F)c1cccc(N2CCN(c3nccs3)CC2)n1. The molecule has 3 heterocycles. The molecule has 0 radical (unpaired) electrons. The van der Waals surface area contributed by atoms with Crippen LogP contribution >= 0.6 is 11.3 Å². The molecule has 112 valence electrons. The zero-order valence-electron chi connectivity index (χ0n) is 11.0. The fourth-order valence-electron chi connectivity index (χ4n) is 2.26. The summed E-state index contributed by atoms with van der Waals surface area (Å²) >= 11 is 1.56. The molecule has 0 amide bonds. The molecule has 21 heavy (non-hydrogen) atoms. The van der Waals surface area contributed by atoms with Gasteiger partial charge in [-0.05, 0) is 12.1 Å². The molecule has 8 heteroatoms. The van der Waals surface area contributed by atoms with Crippen molar-refractivity contribution in [1.29, 1.82) is 0 Å². The van der Waals surface area contributed by atoms with Crippen molar-refractivity contribution in [3.05, 3.63) is 35.5 Å². The van der Waals surface area contributed by atoms with Crippen molar-refractivity contribution in [3.63, 3.8) is 0 Å². The number of rotatable bonds is 2. The molecule has 0 aromatic carbocycles. The smallest absolute Gasteiger partial charge is 0.353 e. The summed E-state index contributed by atoms with van der Waals surface area (Å²) in [6.07, 6.45) is -2.65. The number of hydrogen-bond acceptors (Lipinski definition) is 5. The molecular formula is C13H13F3N4S. The van der Waals surface area contributed by atoms with Crippen molar-refractivity contribution in [1.82, 2.24) is 9.97 Å². The van der Waals surface area contributed by atoms with Crippen LogP contribution in [-0.2, 0) is 6.18 Å². The van der Waals surface area contributed by atoms with Crippen LogP contribution in [0.4, 0.5) is 24.1 Å². The van der Waals surface area contributed by atoms with E-state index in [4.69, 9.17) is 0 Å². The fourth-order valence-corrected chi connectivity index (χ4v) is 2.95. The predicted molar refractivity (Wildman–Crippen MR) is 75.8 cm³/mol. The summed E-state index contributed by atoms with van der Waals surface area (Å²) in [4.78, 5) is 12.0. The van der Waals surface area contributed by atoms with Crippen LogP contribution in [0.3, 0.4) is 0 Å². The second-order valence-corrected chi connectivity index (χ2v) is 5.54. The van der Waals surface area contributed by atoms with E-state index in [2.05, 4.69) is 14.9 Å². The first-order valence-electron chi connectivity index (χ1n) is 6.48. The van der Waals surface area contributed by atoms with E-state index in [-0.39, 0.29) is 0 Å². The van der Waals surface area contributed by atoms with Crippen LogP contribution in [0.25, 0.3) is 0 Å². The third kappa shape index (κ3) is 3.10. The Balaban J connectivity index is 1.70. The molecule has 0 atom stereocenters. The van der Waals surface area contributed by atoms with Gasteiger partial charge in [0.15, 0.2) is 5.13 Å². The molecule has 1 aliphatic rings. The second-order valence-electron chi connectivity index (χ2n) is 4.67. The summed E-state index contributed by atoms with van der Waals surface area (Å²) in [7, 11) is 0. The van der Waals surface area contributed by atoms with Gasteiger partial charge in [0.25, 0.3) is 0 Å². The highest BCUT2D eigenvalue weighted by Gasteiger charge is 2.33. The average molecular weight is 314 g/mol. The Labute approximate surface area is 123 Å². The van der Waals surface area contributed by atoms with Crippen molar-refractivity contribution in [2.75, 3.05) is 36.0 Å². The van der Waals surface area contributed by atoms with Gasteiger partial charge < -0.3 is 9.80 Å². The quantitative estimate of drug-likeness (QED) is 0.853. The standard InChI is InChI=1S/C13H13F3N4S/c14-13(15,16)10-2-1-3-11(18-10)19-5-7-20(8-6-19)12-17-4-9-21-12/h1-4,9H,5-8H2. The number of anilines is 2. The number of piperazine rings is 1. The van der Waals surface area contributed by atoms with Crippen molar-refractivity contribution < 1.29 is 13.2 Å². The van der Waals surface area contributed by atoms with Crippen LogP contribution in [0.15, 0.2) is 29.8 Å². The average Bonchev–Trinajstić information content (AvgIpc) is 3.01. The molecule has 2 aromatic rings. The summed E-state index contributed by atoms with van der Waals surface area (Å²) in [5, 5.41) is 2.86. The number of pyridine rings is 1. The normalized spacial score (nSPS) is 16.3. The molecule has 0 unspecified atom stereocenters. The minimum atomic E-state index is -4.40. The maximum Gasteiger partial charge on any atom is 0.433 e. The molecule has 0 N–H and O–H groups in total. The van der Waals surface area contributed by atoms with Crippen molar-refractivity contribution in [2.45, 2.75) is 6.18 Å². The lowest BCUT2D eigenvalue weighted by atomic mass is 10.3. The third-order valence-corrected chi connectivity index (χ3v) is 4.15. The van der Waals surface area contributed by atoms with Crippen molar-refractivity contribution >= 4 is 22.3 Å². The molecule has 0 bridgehead atoms. The van der Waals surface area contributed by atoms with E-state index < -0.39 is 11.9 Å². The van der Waals surface area contributed by atoms with Crippen LogP contribution in [0.5, 0.6) is 0 Å². The Morgan fingerprint density at radius 3 is 2.38 bits per heavy atom. The number of aromatic nitrogens is 2. The maximum absolute atomic E-state index is 12.7. The highest BCUT2D eigenvalue weighted by atomic mass is 32.1. The van der Waals surface area contributed by atoms with Gasteiger partial charge >= 0.3 is 6.18 Å². The summed E-state index contributed by atoms with van der Waals surface area (Å²) in [6.45, 7) is 2.72. The number of alkyl halides is 3. The maximum atomic E-state index is 12.7. The lowest BCUT2D eigenvalue weighted by molar-refractivity contribution is -0.141. The molecule has 0 saturated carbocycles. The van der Waals surface area contributed by atoms with Crippen LogP contribution < -0.4 is 9.80 Å².